The van der Waals surface area contributed by atoms with Crippen LogP contribution < -0.4 is 0 Å². The number of aryl methyl sites for hydroxylation is 2. The molecule has 0 aliphatic carbocycles. The Labute approximate surface area is 110 Å². The first-order valence-corrected chi connectivity index (χ1v) is 6.10. The molecule has 4 heteroatoms. The third-order valence-corrected chi connectivity index (χ3v) is 3.38. The highest BCUT2D eigenvalue weighted by Gasteiger charge is 2.13. The third-order valence-electron chi connectivity index (χ3n) is 3.38. The summed E-state index contributed by atoms with van der Waals surface area (Å²) in [4.78, 5) is 7.29. The lowest BCUT2D eigenvalue weighted by Crippen LogP contribution is -1.92. The number of nitrogens with zero attached hydrogens (tertiary/aromatic N) is 2. The normalized spacial score (nSPS) is 10.8. The lowest BCUT2D eigenvalue weighted by atomic mass is 10.0. The third kappa shape index (κ3) is 1.89. The number of aromatic nitrogens is 2. The van der Waals surface area contributed by atoms with Gasteiger partial charge in [0.15, 0.2) is 5.58 Å². The number of hydrogen-bond donors (Lipinski definition) is 1. The van der Waals surface area contributed by atoms with Crippen molar-refractivity contribution in [2.45, 2.75) is 20.3 Å². The number of fused-ring (bicyclic) bond motifs is 1. The van der Waals surface area contributed by atoms with Gasteiger partial charge in [-0.05, 0) is 37.1 Å². The number of rotatable bonds is 2. The minimum absolute atomic E-state index is 0.579. The van der Waals surface area contributed by atoms with Gasteiger partial charge in [-0.3, -0.25) is 0 Å². The molecular formula is C15H13N3O. The Kier molecular flexibility index (Phi) is 2.60. The van der Waals surface area contributed by atoms with Gasteiger partial charge < -0.3 is 9.40 Å². The van der Waals surface area contributed by atoms with Crippen molar-refractivity contribution in [1.29, 1.82) is 5.26 Å². The van der Waals surface area contributed by atoms with Gasteiger partial charge in [-0.15, -0.1) is 0 Å². The molecule has 0 atom stereocenters. The first-order valence-electron chi connectivity index (χ1n) is 6.10. The molecule has 4 nitrogen and oxygen atoms in total. The number of furan rings is 1. The monoisotopic (exact) mass is 251 g/mol. The summed E-state index contributed by atoms with van der Waals surface area (Å²) in [5.41, 5.74) is 3.41. The number of aromatic amines is 1. The van der Waals surface area contributed by atoms with Crippen LogP contribution in [0.5, 0.6) is 0 Å². The van der Waals surface area contributed by atoms with Crippen LogP contribution in [0.4, 0.5) is 0 Å². The molecule has 2 aromatic heterocycles. The van der Waals surface area contributed by atoms with Crippen molar-refractivity contribution >= 4 is 11.0 Å². The van der Waals surface area contributed by atoms with Crippen LogP contribution in [-0.2, 0) is 6.42 Å². The maximum atomic E-state index is 9.25. The van der Waals surface area contributed by atoms with E-state index in [-0.39, 0.29) is 0 Å². The second-order valence-corrected chi connectivity index (χ2v) is 4.63. The van der Waals surface area contributed by atoms with Gasteiger partial charge in [-0.1, -0.05) is 0 Å². The predicted octanol–water partition coefficient (Wildman–Crippen LogP) is 3.24. The molecule has 0 fully saturated rings. The van der Waals surface area contributed by atoms with Crippen LogP contribution in [0.15, 0.2) is 28.9 Å². The van der Waals surface area contributed by atoms with Gasteiger partial charge in [0.05, 0.1) is 5.56 Å². The van der Waals surface area contributed by atoms with Crippen molar-refractivity contribution in [3.63, 3.8) is 0 Å². The largest absolute Gasteiger partial charge is 0.460 e. The second-order valence-electron chi connectivity index (χ2n) is 4.63. The molecule has 94 valence electrons. The SMILES string of the molecule is Cc1oc2c(C#N)cc(Cc3ncc[nH]3)cc2c1C. The molecule has 0 saturated carbocycles. The van der Waals surface area contributed by atoms with Crippen molar-refractivity contribution in [2.75, 3.05) is 0 Å². The minimum atomic E-state index is 0.579. The van der Waals surface area contributed by atoms with Crippen LogP contribution >= 0.6 is 0 Å². The summed E-state index contributed by atoms with van der Waals surface area (Å²) in [6.07, 6.45) is 4.21. The molecule has 0 unspecified atom stereocenters. The van der Waals surface area contributed by atoms with E-state index in [4.69, 9.17) is 4.42 Å². The fraction of sp³-hybridized carbons (Fsp3) is 0.200. The number of nitrogens with one attached hydrogen (secondary N) is 1. The molecule has 0 bridgehead atoms. The van der Waals surface area contributed by atoms with E-state index < -0.39 is 0 Å². The lowest BCUT2D eigenvalue weighted by molar-refractivity contribution is 0.574. The van der Waals surface area contributed by atoms with Crippen LogP contribution in [-0.4, -0.2) is 9.97 Å². The van der Waals surface area contributed by atoms with Gasteiger partial charge in [0.25, 0.3) is 0 Å². The molecule has 0 aliphatic heterocycles. The summed E-state index contributed by atoms with van der Waals surface area (Å²) in [5, 5.41) is 10.3. The molecular weight excluding hydrogens is 238 g/mol. The molecule has 19 heavy (non-hydrogen) atoms. The number of hydrogen-bond acceptors (Lipinski definition) is 3. The Morgan fingerprint density at radius 1 is 1.37 bits per heavy atom. The molecule has 3 aromatic rings. The van der Waals surface area contributed by atoms with E-state index in [1.54, 1.807) is 12.4 Å². The molecule has 1 aromatic carbocycles. The summed E-state index contributed by atoms with van der Waals surface area (Å²) in [6, 6.07) is 6.15. The zero-order valence-corrected chi connectivity index (χ0v) is 10.8. The van der Waals surface area contributed by atoms with Crippen LogP contribution in [0.3, 0.4) is 0 Å². The van der Waals surface area contributed by atoms with Crippen LogP contribution in [0.2, 0.25) is 0 Å². The standard InChI is InChI=1S/C15H13N3O/c1-9-10(2)19-15-12(8-16)5-11(6-13(9)15)7-14-17-3-4-18-14/h3-6H,7H2,1-2H3,(H,17,18). The zero-order chi connectivity index (χ0) is 13.4. The van der Waals surface area contributed by atoms with Gasteiger partial charge in [0.2, 0.25) is 0 Å². The highest BCUT2D eigenvalue weighted by Crippen LogP contribution is 2.29. The van der Waals surface area contributed by atoms with E-state index >= 15 is 0 Å². The Morgan fingerprint density at radius 2 is 2.21 bits per heavy atom. The Hall–Kier alpha value is -2.54. The molecule has 2 heterocycles. The van der Waals surface area contributed by atoms with E-state index in [1.807, 2.05) is 19.9 Å². The average Bonchev–Trinajstić information content (AvgIpc) is 3.00. The molecule has 1 N–H and O–H groups in total. The van der Waals surface area contributed by atoms with Gasteiger partial charge >= 0.3 is 0 Å². The van der Waals surface area contributed by atoms with E-state index in [0.717, 1.165) is 28.1 Å². The smallest absolute Gasteiger partial charge is 0.152 e. The fourth-order valence-corrected chi connectivity index (χ4v) is 2.27. The van der Waals surface area contributed by atoms with E-state index in [0.29, 0.717) is 17.6 Å². The average molecular weight is 251 g/mol. The Balaban J connectivity index is 2.17. The van der Waals surface area contributed by atoms with Gasteiger partial charge in [0.1, 0.15) is 17.7 Å². The van der Waals surface area contributed by atoms with Crippen molar-refractivity contribution in [3.8, 4) is 6.07 Å². The van der Waals surface area contributed by atoms with E-state index in [2.05, 4.69) is 22.1 Å². The topological polar surface area (TPSA) is 65.6 Å². The summed E-state index contributed by atoms with van der Waals surface area (Å²) < 4.78 is 5.66. The molecule has 0 radical (unpaired) electrons. The van der Waals surface area contributed by atoms with E-state index in [9.17, 15) is 5.26 Å². The van der Waals surface area contributed by atoms with Gasteiger partial charge in [0, 0.05) is 24.2 Å². The van der Waals surface area contributed by atoms with E-state index in [1.165, 1.54) is 0 Å². The lowest BCUT2D eigenvalue weighted by Gasteiger charge is -2.01. The molecule has 0 saturated heterocycles. The summed E-state index contributed by atoms with van der Waals surface area (Å²) in [5.74, 6) is 1.75. The molecule has 3 rings (SSSR count). The summed E-state index contributed by atoms with van der Waals surface area (Å²) in [7, 11) is 0. The minimum Gasteiger partial charge on any atom is -0.460 e. The van der Waals surface area contributed by atoms with Crippen LogP contribution in [0.1, 0.15) is 28.3 Å². The number of nitriles is 1. The Morgan fingerprint density at radius 3 is 2.89 bits per heavy atom. The summed E-state index contributed by atoms with van der Waals surface area (Å²) >= 11 is 0. The van der Waals surface area contributed by atoms with Crippen molar-refractivity contribution < 1.29 is 4.42 Å². The second kappa shape index (κ2) is 4.29. The highest BCUT2D eigenvalue weighted by atomic mass is 16.3. The van der Waals surface area contributed by atoms with Crippen molar-refractivity contribution in [3.05, 3.63) is 52.8 Å². The van der Waals surface area contributed by atoms with Crippen LogP contribution in [0.25, 0.3) is 11.0 Å². The molecule has 0 spiro atoms. The van der Waals surface area contributed by atoms with Crippen LogP contribution in [0, 0.1) is 25.2 Å². The maximum Gasteiger partial charge on any atom is 0.152 e. The maximum absolute atomic E-state index is 9.25. The summed E-state index contributed by atoms with van der Waals surface area (Å²) in [6.45, 7) is 3.93. The first kappa shape index (κ1) is 11.5. The molecule has 0 amide bonds. The van der Waals surface area contributed by atoms with Gasteiger partial charge in [-0.25, -0.2) is 4.98 Å². The highest BCUT2D eigenvalue weighted by molar-refractivity contribution is 5.87. The molecule has 0 aliphatic rings. The predicted molar refractivity (Wildman–Crippen MR) is 71.8 cm³/mol. The van der Waals surface area contributed by atoms with Crippen molar-refractivity contribution in [1.82, 2.24) is 9.97 Å². The van der Waals surface area contributed by atoms with Gasteiger partial charge in [-0.2, -0.15) is 5.26 Å². The Bertz CT molecular complexity index is 776. The number of imidazole rings is 1. The quantitative estimate of drug-likeness (QED) is 0.760. The number of benzene rings is 1. The fourth-order valence-electron chi connectivity index (χ4n) is 2.27. The first-order chi connectivity index (χ1) is 9.19. The zero-order valence-electron chi connectivity index (χ0n) is 10.8. The van der Waals surface area contributed by atoms with Crippen molar-refractivity contribution in [2.24, 2.45) is 0 Å². The number of H-pyrrole nitrogens is 1.